The van der Waals surface area contributed by atoms with Gasteiger partial charge in [-0.1, -0.05) is 31.5 Å². The van der Waals surface area contributed by atoms with Crippen molar-refractivity contribution in [3.05, 3.63) is 53.3 Å². The summed E-state index contributed by atoms with van der Waals surface area (Å²) in [6, 6.07) is 7.52. The fourth-order valence-electron chi connectivity index (χ4n) is 2.63. The van der Waals surface area contributed by atoms with Crippen LogP contribution in [0.5, 0.6) is 11.5 Å². The van der Waals surface area contributed by atoms with E-state index in [4.69, 9.17) is 19.5 Å². The summed E-state index contributed by atoms with van der Waals surface area (Å²) in [5.41, 5.74) is 7.06. The van der Waals surface area contributed by atoms with E-state index in [0.717, 1.165) is 12.8 Å². The average Bonchev–Trinajstić information content (AvgIpc) is 2.75. The van der Waals surface area contributed by atoms with Gasteiger partial charge < -0.3 is 20.1 Å². The predicted octanol–water partition coefficient (Wildman–Crippen LogP) is 3.58. The van der Waals surface area contributed by atoms with Crippen molar-refractivity contribution >= 4 is 13.7 Å². The molecule has 31 heavy (non-hydrogen) atoms. The second-order valence-electron chi connectivity index (χ2n) is 6.95. The maximum absolute atomic E-state index is 13.5. The number of aromatic hydroxyl groups is 1. The van der Waals surface area contributed by atoms with E-state index < -0.39 is 19.8 Å². The van der Waals surface area contributed by atoms with Crippen LogP contribution in [0.4, 0.5) is 0 Å². The summed E-state index contributed by atoms with van der Waals surface area (Å²) < 4.78 is 29.9. The average molecular weight is 451 g/mol. The molecule has 9 nitrogen and oxygen atoms in total. The van der Waals surface area contributed by atoms with Crippen LogP contribution in [0.15, 0.2) is 36.5 Å². The summed E-state index contributed by atoms with van der Waals surface area (Å²) in [4.78, 5) is 16.3. The molecular formula is C21H30N3O6P. The number of nitrogens with two attached hydrogens (primary N) is 1. The second kappa shape index (κ2) is 11.8. The number of benzene rings is 1. The summed E-state index contributed by atoms with van der Waals surface area (Å²) in [6.45, 7) is 5.27. The van der Waals surface area contributed by atoms with Gasteiger partial charge in [-0.25, -0.2) is 4.57 Å². The minimum Gasteiger partial charge on any atom is -0.506 e. The van der Waals surface area contributed by atoms with Crippen LogP contribution in [0.2, 0.25) is 0 Å². The lowest BCUT2D eigenvalue weighted by Gasteiger charge is -2.23. The summed E-state index contributed by atoms with van der Waals surface area (Å²) in [5, 5.41) is 12.8. The molecule has 0 bridgehead atoms. The molecule has 170 valence electrons. The Morgan fingerprint density at radius 1 is 1.32 bits per heavy atom. The quantitative estimate of drug-likeness (QED) is 0.251. The summed E-state index contributed by atoms with van der Waals surface area (Å²) >= 11 is 0. The van der Waals surface area contributed by atoms with Crippen LogP contribution < -0.4 is 15.3 Å². The zero-order valence-electron chi connectivity index (χ0n) is 18.0. The zero-order valence-corrected chi connectivity index (χ0v) is 18.9. The van der Waals surface area contributed by atoms with Crippen molar-refractivity contribution in [2.24, 2.45) is 5.73 Å². The topological polar surface area (TPSA) is 133 Å². The predicted molar refractivity (Wildman–Crippen MR) is 116 cm³/mol. The molecule has 0 saturated heterocycles. The van der Waals surface area contributed by atoms with Gasteiger partial charge in [0.25, 0.3) is 0 Å². The van der Waals surface area contributed by atoms with E-state index in [1.807, 2.05) is 6.92 Å². The molecule has 1 aromatic heterocycles. The number of ether oxygens (including phenoxy) is 1. The van der Waals surface area contributed by atoms with Crippen molar-refractivity contribution in [1.82, 2.24) is 10.1 Å². The standard InChI is InChI=1S/C21H30N3O6P/c1-4-5-11-28-21(26)16(3)24-31(27,30-18-9-7-6-8-10-18)29-14-17-13-23-15(2)20(25)19(17)12-22/h6-10,13,16,25H,4-5,11-12,14,22H2,1-3H3,(H,24,27)/t16-,31?/m0/s1. The van der Waals surface area contributed by atoms with Crippen LogP contribution in [0.1, 0.15) is 43.5 Å². The first-order valence-electron chi connectivity index (χ1n) is 10.1. The lowest BCUT2D eigenvalue weighted by atomic mass is 10.1. The molecule has 4 N–H and O–H groups in total. The smallest absolute Gasteiger partial charge is 0.459 e. The number of hydrogen-bond donors (Lipinski definition) is 3. The fourth-order valence-corrected chi connectivity index (χ4v) is 4.10. The largest absolute Gasteiger partial charge is 0.506 e. The van der Waals surface area contributed by atoms with E-state index in [9.17, 15) is 14.5 Å². The van der Waals surface area contributed by atoms with Crippen LogP contribution >= 0.6 is 7.75 Å². The number of nitrogens with one attached hydrogen (secondary N) is 1. The Morgan fingerprint density at radius 3 is 2.68 bits per heavy atom. The first-order valence-corrected chi connectivity index (χ1v) is 11.6. The fraction of sp³-hybridized carbons (Fsp3) is 0.429. The SMILES string of the molecule is CCCCOC(=O)[C@H](C)NP(=O)(OCc1cnc(C)c(O)c1CN)Oc1ccccc1. The summed E-state index contributed by atoms with van der Waals surface area (Å²) in [7, 11) is -4.01. The molecule has 2 aromatic rings. The number of carbonyl (C=O) groups is 1. The molecule has 1 aromatic carbocycles. The molecule has 0 aliphatic carbocycles. The zero-order chi connectivity index (χ0) is 22.9. The third kappa shape index (κ3) is 7.33. The van der Waals surface area contributed by atoms with Gasteiger partial charge >= 0.3 is 13.7 Å². The van der Waals surface area contributed by atoms with Crippen LogP contribution in [-0.2, 0) is 31.8 Å². The van der Waals surface area contributed by atoms with E-state index in [1.54, 1.807) is 37.3 Å². The van der Waals surface area contributed by atoms with Gasteiger partial charge in [-0.2, -0.15) is 5.09 Å². The number of nitrogens with zero attached hydrogens (tertiary/aromatic N) is 1. The molecule has 2 rings (SSSR count). The maximum atomic E-state index is 13.5. The number of aryl methyl sites for hydroxylation is 1. The second-order valence-corrected chi connectivity index (χ2v) is 8.64. The number of para-hydroxylation sites is 1. The van der Waals surface area contributed by atoms with Gasteiger partial charge in [0.15, 0.2) is 0 Å². The molecule has 0 spiro atoms. The number of pyridine rings is 1. The highest BCUT2D eigenvalue weighted by atomic mass is 31.2. The molecule has 0 aliphatic rings. The lowest BCUT2D eigenvalue weighted by Crippen LogP contribution is -2.35. The third-order valence-corrected chi connectivity index (χ3v) is 6.06. The Labute approximate surface area is 182 Å². The number of rotatable bonds is 12. The van der Waals surface area contributed by atoms with E-state index in [0.29, 0.717) is 22.6 Å². The van der Waals surface area contributed by atoms with Crippen LogP contribution in [0.3, 0.4) is 0 Å². The van der Waals surface area contributed by atoms with E-state index in [1.165, 1.54) is 13.1 Å². The molecule has 2 atom stereocenters. The minimum absolute atomic E-state index is 0.0387. The molecular weight excluding hydrogens is 421 g/mol. The Kier molecular flexibility index (Phi) is 9.45. The number of aromatic nitrogens is 1. The molecule has 0 radical (unpaired) electrons. The highest BCUT2D eigenvalue weighted by Crippen LogP contribution is 2.46. The lowest BCUT2D eigenvalue weighted by molar-refractivity contribution is -0.145. The summed E-state index contributed by atoms with van der Waals surface area (Å²) in [6.07, 6.45) is 3.11. The van der Waals surface area contributed by atoms with Gasteiger partial charge in [0.2, 0.25) is 0 Å². The monoisotopic (exact) mass is 451 g/mol. The Balaban J connectivity index is 2.19. The van der Waals surface area contributed by atoms with Crippen molar-refractivity contribution in [3.8, 4) is 11.5 Å². The Bertz CT molecular complexity index is 909. The van der Waals surface area contributed by atoms with E-state index >= 15 is 0 Å². The van der Waals surface area contributed by atoms with Gasteiger partial charge in [-0.3, -0.25) is 14.3 Å². The number of esters is 1. The van der Waals surface area contributed by atoms with Crippen molar-refractivity contribution in [3.63, 3.8) is 0 Å². The minimum atomic E-state index is -4.01. The number of carbonyl (C=O) groups excluding carboxylic acids is 1. The highest BCUT2D eigenvalue weighted by Gasteiger charge is 2.32. The van der Waals surface area contributed by atoms with Gasteiger partial charge in [0, 0.05) is 23.9 Å². The van der Waals surface area contributed by atoms with Crippen molar-refractivity contribution < 1.29 is 28.3 Å². The molecule has 1 unspecified atom stereocenters. The molecule has 1 heterocycles. The maximum Gasteiger partial charge on any atom is 0.459 e. The van der Waals surface area contributed by atoms with Crippen molar-refractivity contribution in [1.29, 1.82) is 0 Å². The first kappa shape index (κ1) is 24.8. The number of unbranched alkanes of at least 4 members (excludes halogenated alkanes) is 1. The first-order chi connectivity index (χ1) is 14.8. The third-order valence-electron chi connectivity index (χ3n) is 4.44. The highest BCUT2D eigenvalue weighted by molar-refractivity contribution is 7.52. The number of hydrogen-bond acceptors (Lipinski definition) is 8. The Hall–Kier alpha value is -2.45. The van der Waals surface area contributed by atoms with Gasteiger partial charge in [0.1, 0.15) is 17.5 Å². The van der Waals surface area contributed by atoms with Crippen molar-refractivity contribution in [2.75, 3.05) is 6.61 Å². The Morgan fingerprint density at radius 2 is 2.03 bits per heavy atom. The molecule has 0 fully saturated rings. The molecule has 0 amide bonds. The van der Waals surface area contributed by atoms with Gasteiger partial charge in [-0.15, -0.1) is 0 Å². The normalized spacial score (nSPS) is 13.9. The molecule has 10 heteroatoms. The van der Waals surface area contributed by atoms with E-state index in [-0.39, 0.29) is 25.5 Å². The molecule has 0 aliphatic heterocycles. The van der Waals surface area contributed by atoms with Gasteiger partial charge in [-0.05, 0) is 32.4 Å². The van der Waals surface area contributed by atoms with Crippen LogP contribution in [0.25, 0.3) is 0 Å². The van der Waals surface area contributed by atoms with Crippen LogP contribution in [-0.4, -0.2) is 28.7 Å². The van der Waals surface area contributed by atoms with E-state index in [2.05, 4.69) is 10.1 Å². The van der Waals surface area contributed by atoms with Crippen molar-refractivity contribution in [2.45, 2.75) is 52.8 Å². The van der Waals surface area contributed by atoms with Crippen LogP contribution in [0, 0.1) is 6.92 Å². The van der Waals surface area contributed by atoms with Gasteiger partial charge in [0.05, 0.1) is 18.9 Å². The summed E-state index contributed by atoms with van der Waals surface area (Å²) in [5.74, 6) is -0.303. The molecule has 0 saturated carbocycles.